The molecule has 32 heavy (non-hydrogen) atoms. The van der Waals surface area contributed by atoms with Gasteiger partial charge in [-0.15, -0.1) is 12.6 Å². The van der Waals surface area contributed by atoms with Crippen molar-refractivity contribution in [3.8, 4) is 0 Å². The van der Waals surface area contributed by atoms with Crippen LogP contribution in [0.3, 0.4) is 0 Å². The maximum atomic E-state index is 17.3. The smallest absolute Gasteiger partial charge is 0.306 e. The van der Waals surface area contributed by atoms with Crippen molar-refractivity contribution in [1.82, 2.24) is 0 Å². The minimum Gasteiger partial charge on any atom is -0.449 e. The van der Waals surface area contributed by atoms with Crippen LogP contribution >= 0.6 is 12.6 Å². The highest BCUT2D eigenvalue weighted by Crippen LogP contribution is 2.72. The van der Waals surface area contributed by atoms with Gasteiger partial charge in [0.1, 0.15) is 0 Å². The molecule has 0 aromatic rings. The average molecular weight is 467 g/mol. The van der Waals surface area contributed by atoms with Gasteiger partial charge in [-0.25, -0.2) is 4.39 Å². The molecule has 3 saturated carbocycles. The van der Waals surface area contributed by atoms with Gasteiger partial charge in [0.2, 0.25) is 5.12 Å². The van der Waals surface area contributed by atoms with Crippen molar-refractivity contribution in [1.29, 1.82) is 0 Å². The topological polar surface area (TPSA) is 83.8 Å². The van der Waals surface area contributed by atoms with E-state index < -0.39 is 51.3 Å². The molecule has 10 atom stereocenters. The number of halogens is 1. The Balaban J connectivity index is 1.86. The van der Waals surface area contributed by atoms with Gasteiger partial charge in [0.25, 0.3) is 0 Å². The molecular formula is C25H35FO5S. The van der Waals surface area contributed by atoms with Crippen LogP contribution in [0, 0.1) is 34.5 Å². The van der Waals surface area contributed by atoms with Crippen molar-refractivity contribution < 1.29 is 28.9 Å². The zero-order chi connectivity index (χ0) is 23.9. The van der Waals surface area contributed by atoms with Gasteiger partial charge in [-0.3, -0.25) is 9.59 Å². The first-order valence-electron chi connectivity index (χ1n) is 11.7. The van der Waals surface area contributed by atoms with Crippen molar-refractivity contribution in [3.63, 3.8) is 0 Å². The van der Waals surface area contributed by atoms with Gasteiger partial charge in [0, 0.05) is 29.1 Å². The Morgan fingerprint density at radius 1 is 1.22 bits per heavy atom. The maximum absolute atomic E-state index is 17.3. The van der Waals surface area contributed by atoms with Gasteiger partial charge in [-0.05, 0) is 38.0 Å². The Morgan fingerprint density at radius 2 is 1.88 bits per heavy atom. The first-order chi connectivity index (χ1) is 14.8. The normalized spacial score (nSPS) is 51.8. The number of alkyl halides is 1. The monoisotopic (exact) mass is 466 g/mol. The highest BCUT2D eigenvalue weighted by Gasteiger charge is 2.77. The Labute approximate surface area is 194 Å². The molecule has 4 aliphatic rings. The van der Waals surface area contributed by atoms with Crippen LogP contribution < -0.4 is 0 Å². The lowest BCUT2D eigenvalue weighted by atomic mass is 9.43. The van der Waals surface area contributed by atoms with E-state index in [0.29, 0.717) is 12.8 Å². The van der Waals surface area contributed by atoms with Gasteiger partial charge in [0.05, 0.1) is 12.2 Å². The summed E-state index contributed by atoms with van der Waals surface area (Å²) < 4.78 is 23.2. The molecule has 0 aromatic heterocycles. The molecule has 3 unspecified atom stereocenters. The summed E-state index contributed by atoms with van der Waals surface area (Å²) in [6, 6.07) is 0. The van der Waals surface area contributed by atoms with E-state index >= 15 is 4.39 Å². The van der Waals surface area contributed by atoms with Crippen LogP contribution in [0.25, 0.3) is 0 Å². The number of allylic oxidation sites excluding steroid dienone is 2. The SMILES string of the molecule is CCC(=O)O[C@]1(C(=O)S)[C@H](C)CC2C3C[C@H](C)C4=CC(O)C=C[C@]4(C)[C@@]3(F)[C@@H](O)C[C@@]21C. The van der Waals surface area contributed by atoms with Crippen molar-refractivity contribution >= 4 is 23.7 Å². The van der Waals surface area contributed by atoms with Crippen LogP contribution in [-0.4, -0.2) is 44.8 Å². The number of ether oxygens (including phenoxy) is 1. The van der Waals surface area contributed by atoms with Crippen LogP contribution in [0.2, 0.25) is 0 Å². The summed E-state index contributed by atoms with van der Waals surface area (Å²) in [5.74, 6) is -1.65. The largest absolute Gasteiger partial charge is 0.449 e. The molecule has 0 aliphatic heterocycles. The summed E-state index contributed by atoms with van der Waals surface area (Å²) in [6.45, 7) is 9.23. The molecule has 4 rings (SSSR count). The zero-order valence-electron chi connectivity index (χ0n) is 19.5. The molecule has 178 valence electrons. The van der Waals surface area contributed by atoms with Crippen molar-refractivity contribution in [2.75, 3.05) is 0 Å². The zero-order valence-corrected chi connectivity index (χ0v) is 20.4. The van der Waals surface area contributed by atoms with E-state index in [1.165, 1.54) is 0 Å². The molecule has 0 bridgehead atoms. The van der Waals surface area contributed by atoms with Crippen LogP contribution in [-0.2, 0) is 14.3 Å². The van der Waals surface area contributed by atoms with Crippen LogP contribution in [0.4, 0.5) is 4.39 Å². The number of aliphatic hydroxyl groups is 2. The third kappa shape index (κ3) is 2.70. The molecule has 0 aromatic carbocycles. The fraction of sp³-hybridized carbons (Fsp3) is 0.760. The Bertz CT molecular complexity index is 903. The third-order valence-corrected chi connectivity index (χ3v) is 9.82. The number of rotatable bonds is 3. The highest BCUT2D eigenvalue weighted by atomic mass is 32.1. The van der Waals surface area contributed by atoms with Gasteiger partial charge in [-0.2, -0.15) is 0 Å². The number of hydrogen-bond acceptors (Lipinski definition) is 5. The Hall–Kier alpha value is -1.18. The second-order valence-corrected chi connectivity index (χ2v) is 11.3. The molecule has 5 nitrogen and oxygen atoms in total. The van der Waals surface area contributed by atoms with E-state index in [-0.39, 0.29) is 30.6 Å². The minimum atomic E-state index is -1.96. The van der Waals surface area contributed by atoms with E-state index in [2.05, 4.69) is 12.6 Å². The lowest BCUT2D eigenvalue weighted by molar-refractivity contribution is -0.228. The summed E-state index contributed by atoms with van der Waals surface area (Å²) in [6.07, 6.45) is 3.99. The number of thiol groups is 1. The molecule has 2 N–H and O–H groups in total. The second-order valence-electron chi connectivity index (χ2n) is 10.9. The molecule has 0 amide bonds. The second kappa shape index (κ2) is 7.41. The summed E-state index contributed by atoms with van der Waals surface area (Å²) in [5.41, 5.74) is -4.65. The van der Waals surface area contributed by atoms with Crippen LogP contribution in [0.15, 0.2) is 23.8 Å². The molecule has 3 fully saturated rings. The molecule has 0 saturated heterocycles. The quantitative estimate of drug-likeness (QED) is 0.335. The predicted molar refractivity (Wildman–Crippen MR) is 122 cm³/mol. The number of fused-ring (bicyclic) bond motifs is 5. The number of hydrogen-bond donors (Lipinski definition) is 3. The summed E-state index contributed by atoms with van der Waals surface area (Å²) >= 11 is 4.17. The highest BCUT2D eigenvalue weighted by molar-refractivity contribution is 7.96. The first-order valence-corrected chi connectivity index (χ1v) is 12.2. The molecular weight excluding hydrogens is 431 g/mol. The molecule has 0 spiro atoms. The molecule has 0 heterocycles. The Morgan fingerprint density at radius 3 is 2.47 bits per heavy atom. The number of esters is 1. The predicted octanol–water partition coefficient (Wildman–Crippen LogP) is 3.79. The lowest BCUT2D eigenvalue weighted by Gasteiger charge is -2.64. The van der Waals surface area contributed by atoms with E-state index in [1.54, 1.807) is 25.2 Å². The van der Waals surface area contributed by atoms with E-state index in [9.17, 15) is 19.8 Å². The van der Waals surface area contributed by atoms with Gasteiger partial charge < -0.3 is 14.9 Å². The standard InChI is InChI=1S/C25H35FO5S/c1-6-20(29)31-25(21(30)32)14(3)10-17-18-9-13(2)16-11-15(27)7-8-22(16,4)24(18,26)19(28)12-23(17,25)5/h7-8,11,13-15,17-19,27-28H,6,9-10,12H2,1-5H3,(H,30,32)/t13-,14+,15?,17?,18?,19-,22-,23-,24-,25-/m0/s1. The fourth-order valence-electron chi connectivity index (χ4n) is 8.01. The first kappa shape index (κ1) is 24.0. The third-order valence-electron chi connectivity index (χ3n) is 9.49. The molecule has 4 aliphatic carbocycles. The molecule has 0 radical (unpaired) electrons. The van der Waals surface area contributed by atoms with E-state index in [1.807, 2.05) is 27.7 Å². The summed E-state index contributed by atoms with van der Waals surface area (Å²) in [5, 5.41) is 21.1. The van der Waals surface area contributed by atoms with Gasteiger partial charge in [-0.1, -0.05) is 51.5 Å². The Kier molecular flexibility index (Phi) is 5.55. The van der Waals surface area contributed by atoms with Crippen molar-refractivity contribution in [2.24, 2.45) is 34.5 Å². The maximum Gasteiger partial charge on any atom is 0.306 e. The minimum absolute atomic E-state index is 0.00164. The summed E-state index contributed by atoms with van der Waals surface area (Å²) in [4.78, 5) is 25.4. The van der Waals surface area contributed by atoms with E-state index in [0.717, 1.165) is 5.57 Å². The summed E-state index contributed by atoms with van der Waals surface area (Å²) in [7, 11) is 0. The molecule has 7 heteroatoms. The lowest BCUT2D eigenvalue weighted by Crippen LogP contribution is -2.70. The van der Waals surface area contributed by atoms with Crippen LogP contribution in [0.5, 0.6) is 0 Å². The fourth-order valence-corrected chi connectivity index (χ4v) is 8.54. The van der Waals surface area contributed by atoms with Crippen molar-refractivity contribution in [2.45, 2.75) is 83.8 Å². The van der Waals surface area contributed by atoms with Crippen LogP contribution in [0.1, 0.15) is 60.3 Å². The van der Waals surface area contributed by atoms with Gasteiger partial charge in [0.15, 0.2) is 11.3 Å². The van der Waals surface area contributed by atoms with Gasteiger partial charge >= 0.3 is 5.97 Å². The number of carbonyl (C=O) groups is 2. The number of carbonyl (C=O) groups excluding carboxylic acids is 2. The van der Waals surface area contributed by atoms with Crippen molar-refractivity contribution in [3.05, 3.63) is 23.8 Å². The average Bonchev–Trinajstić information content (AvgIpc) is 2.93. The van der Waals surface area contributed by atoms with E-state index in [4.69, 9.17) is 4.74 Å². The number of aliphatic hydroxyl groups excluding tert-OH is 2.